The molecule has 0 radical (unpaired) electrons. The molecule has 2 rings (SSSR count). The highest BCUT2D eigenvalue weighted by Gasteiger charge is 2.11. The molecule has 0 saturated carbocycles. The molecule has 0 saturated heterocycles. The number of hydrogen-bond acceptors (Lipinski definition) is 4. The molecule has 0 spiro atoms. The van der Waals surface area contributed by atoms with Crippen LogP contribution in [0.3, 0.4) is 0 Å². The molecular weight excluding hydrogens is 232 g/mol. The van der Waals surface area contributed by atoms with E-state index in [0.29, 0.717) is 4.88 Å². The summed E-state index contributed by atoms with van der Waals surface area (Å²) in [5, 5.41) is 0.861. The number of rotatable bonds is 4. The van der Waals surface area contributed by atoms with Crippen LogP contribution in [0.15, 0.2) is 30.5 Å². The van der Waals surface area contributed by atoms with Crippen molar-refractivity contribution in [2.45, 2.75) is 13.8 Å². The third kappa shape index (κ3) is 2.53. The lowest BCUT2D eigenvalue weighted by Gasteiger charge is -2.20. The van der Waals surface area contributed by atoms with Gasteiger partial charge in [0, 0.05) is 12.2 Å². The van der Waals surface area contributed by atoms with E-state index in [4.69, 9.17) is 0 Å². The normalized spacial score (nSPS) is 10.2. The van der Waals surface area contributed by atoms with Crippen molar-refractivity contribution in [1.82, 2.24) is 4.98 Å². The van der Waals surface area contributed by atoms with Gasteiger partial charge in [0.25, 0.3) is 0 Å². The van der Waals surface area contributed by atoms with Gasteiger partial charge in [-0.25, -0.2) is 4.98 Å². The van der Waals surface area contributed by atoms with Crippen molar-refractivity contribution in [3.05, 3.63) is 40.9 Å². The molecule has 0 unspecified atom stereocenters. The van der Waals surface area contributed by atoms with E-state index in [1.807, 2.05) is 6.07 Å². The Morgan fingerprint density at radius 3 is 2.88 bits per heavy atom. The number of carbonyl (C=O) groups excluding carboxylic acids is 1. The zero-order chi connectivity index (χ0) is 12.3. The Morgan fingerprint density at radius 2 is 2.29 bits per heavy atom. The fourth-order valence-electron chi connectivity index (χ4n) is 1.68. The standard InChI is InChI=1S/C13H14N2OS/c1-3-15(11-6-4-5-10(2)7-11)13-14-8-12(9-16)17-13/h4-9H,3H2,1-2H3. The first-order chi connectivity index (χ1) is 8.24. The summed E-state index contributed by atoms with van der Waals surface area (Å²) in [6.07, 6.45) is 2.46. The molecule has 0 fully saturated rings. The molecule has 88 valence electrons. The lowest BCUT2D eigenvalue weighted by molar-refractivity contribution is 0.112. The summed E-state index contributed by atoms with van der Waals surface area (Å²) < 4.78 is 0. The number of aryl methyl sites for hydroxylation is 1. The van der Waals surface area contributed by atoms with Crippen LogP contribution in [0.1, 0.15) is 22.2 Å². The molecule has 1 heterocycles. The minimum Gasteiger partial charge on any atom is -0.318 e. The summed E-state index contributed by atoms with van der Waals surface area (Å²) >= 11 is 1.41. The van der Waals surface area contributed by atoms with Gasteiger partial charge in [-0.1, -0.05) is 23.5 Å². The Kier molecular flexibility index (Phi) is 3.54. The molecule has 0 bridgehead atoms. The van der Waals surface area contributed by atoms with Crippen LogP contribution in [0.2, 0.25) is 0 Å². The van der Waals surface area contributed by atoms with Gasteiger partial charge in [-0.15, -0.1) is 0 Å². The van der Waals surface area contributed by atoms with Crippen molar-refractivity contribution in [2.75, 3.05) is 11.4 Å². The Bertz CT molecular complexity index is 522. The van der Waals surface area contributed by atoms with Gasteiger partial charge in [0.15, 0.2) is 11.4 Å². The Hall–Kier alpha value is -1.68. The molecular formula is C13H14N2OS. The predicted octanol–water partition coefficient (Wildman–Crippen LogP) is 3.42. The minimum absolute atomic E-state index is 0.658. The maximum Gasteiger partial charge on any atom is 0.190 e. The molecule has 0 atom stereocenters. The van der Waals surface area contributed by atoms with Gasteiger partial charge in [-0.3, -0.25) is 4.79 Å². The van der Waals surface area contributed by atoms with E-state index < -0.39 is 0 Å². The third-order valence-electron chi connectivity index (χ3n) is 2.49. The molecule has 4 heteroatoms. The van der Waals surface area contributed by atoms with Crippen molar-refractivity contribution in [3.8, 4) is 0 Å². The molecule has 0 amide bonds. The Morgan fingerprint density at radius 1 is 1.47 bits per heavy atom. The predicted molar refractivity (Wildman–Crippen MR) is 71.4 cm³/mol. The molecule has 1 aromatic heterocycles. The smallest absolute Gasteiger partial charge is 0.190 e. The molecule has 0 N–H and O–H groups in total. The van der Waals surface area contributed by atoms with Gasteiger partial charge in [0.05, 0.1) is 11.1 Å². The lowest BCUT2D eigenvalue weighted by atomic mass is 10.2. The summed E-state index contributed by atoms with van der Waals surface area (Å²) in [7, 11) is 0. The van der Waals surface area contributed by atoms with Gasteiger partial charge >= 0.3 is 0 Å². The van der Waals surface area contributed by atoms with E-state index in [-0.39, 0.29) is 0 Å². The molecule has 1 aromatic carbocycles. The van der Waals surface area contributed by atoms with E-state index in [9.17, 15) is 4.79 Å². The molecule has 2 aromatic rings. The van der Waals surface area contributed by atoms with E-state index in [2.05, 4.69) is 41.9 Å². The second kappa shape index (κ2) is 5.10. The molecule has 0 aliphatic carbocycles. The highest BCUT2D eigenvalue weighted by Crippen LogP contribution is 2.29. The van der Waals surface area contributed by atoms with Gasteiger partial charge in [0.1, 0.15) is 0 Å². The van der Waals surface area contributed by atoms with Crippen molar-refractivity contribution >= 4 is 28.4 Å². The first-order valence-electron chi connectivity index (χ1n) is 5.50. The van der Waals surface area contributed by atoms with Crippen LogP contribution in [0.5, 0.6) is 0 Å². The van der Waals surface area contributed by atoms with E-state index in [1.54, 1.807) is 6.20 Å². The quantitative estimate of drug-likeness (QED) is 0.775. The fraction of sp³-hybridized carbons (Fsp3) is 0.231. The topological polar surface area (TPSA) is 33.2 Å². The lowest BCUT2D eigenvalue weighted by Crippen LogP contribution is -2.15. The fourth-order valence-corrected chi connectivity index (χ4v) is 2.49. The van der Waals surface area contributed by atoms with Gasteiger partial charge in [-0.05, 0) is 31.5 Å². The molecule has 3 nitrogen and oxygen atoms in total. The number of aldehydes is 1. The Labute approximate surface area is 105 Å². The number of carbonyl (C=O) groups is 1. The minimum atomic E-state index is 0.658. The monoisotopic (exact) mass is 246 g/mol. The molecule has 0 aliphatic heterocycles. The number of benzene rings is 1. The second-order valence-electron chi connectivity index (χ2n) is 3.75. The first-order valence-corrected chi connectivity index (χ1v) is 6.31. The maximum atomic E-state index is 10.7. The number of nitrogens with zero attached hydrogens (tertiary/aromatic N) is 2. The highest BCUT2D eigenvalue weighted by molar-refractivity contribution is 7.17. The van der Waals surface area contributed by atoms with Crippen molar-refractivity contribution < 1.29 is 4.79 Å². The number of anilines is 2. The summed E-state index contributed by atoms with van der Waals surface area (Å²) in [5.74, 6) is 0. The maximum absolute atomic E-state index is 10.7. The Balaban J connectivity index is 2.36. The third-order valence-corrected chi connectivity index (χ3v) is 3.43. The zero-order valence-corrected chi connectivity index (χ0v) is 10.7. The molecule has 17 heavy (non-hydrogen) atoms. The number of hydrogen-bond donors (Lipinski definition) is 0. The first kappa shape index (κ1) is 11.8. The summed E-state index contributed by atoms with van der Waals surface area (Å²) in [5.41, 5.74) is 2.33. The van der Waals surface area contributed by atoms with Gasteiger partial charge < -0.3 is 4.90 Å². The largest absolute Gasteiger partial charge is 0.318 e. The van der Waals surface area contributed by atoms with Crippen LogP contribution in [0.4, 0.5) is 10.8 Å². The van der Waals surface area contributed by atoms with Crippen LogP contribution >= 0.6 is 11.3 Å². The van der Waals surface area contributed by atoms with Gasteiger partial charge in [0.2, 0.25) is 0 Å². The van der Waals surface area contributed by atoms with E-state index in [0.717, 1.165) is 23.6 Å². The van der Waals surface area contributed by atoms with Crippen molar-refractivity contribution in [3.63, 3.8) is 0 Å². The summed E-state index contributed by atoms with van der Waals surface area (Å²) in [4.78, 5) is 17.7. The van der Waals surface area contributed by atoms with Crippen LogP contribution in [0.25, 0.3) is 0 Å². The van der Waals surface area contributed by atoms with Crippen molar-refractivity contribution in [2.24, 2.45) is 0 Å². The van der Waals surface area contributed by atoms with Crippen LogP contribution < -0.4 is 4.90 Å². The average molecular weight is 246 g/mol. The van der Waals surface area contributed by atoms with Crippen LogP contribution in [0, 0.1) is 6.92 Å². The van der Waals surface area contributed by atoms with Crippen LogP contribution in [-0.4, -0.2) is 17.8 Å². The van der Waals surface area contributed by atoms with Gasteiger partial charge in [-0.2, -0.15) is 0 Å². The number of aromatic nitrogens is 1. The van der Waals surface area contributed by atoms with E-state index >= 15 is 0 Å². The summed E-state index contributed by atoms with van der Waals surface area (Å²) in [6, 6.07) is 8.27. The van der Waals surface area contributed by atoms with Crippen molar-refractivity contribution in [1.29, 1.82) is 0 Å². The SMILES string of the molecule is CCN(c1cccc(C)c1)c1ncc(C=O)s1. The second-order valence-corrected chi connectivity index (χ2v) is 4.79. The molecule has 0 aliphatic rings. The number of thiazole rings is 1. The van der Waals surface area contributed by atoms with Crippen LogP contribution in [-0.2, 0) is 0 Å². The summed E-state index contributed by atoms with van der Waals surface area (Å²) in [6.45, 7) is 4.97. The average Bonchev–Trinajstić information content (AvgIpc) is 2.79. The van der Waals surface area contributed by atoms with E-state index in [1.165, 1.54) is 16.9 Å². The highest BCUT2D eigenvalue weighted by atomic mass is 32.1. The zero-order valence-electron chi connectivity index (χ0n) is 9.88.